The van der Waals surface area contributed by atoms with Crippen LogP contribution in [0.2, 0.25) is 0 Å². The Labute approximate surface area is 294 Å². The van der Waals surface area contributed by atoms with Crippen LogP contribution in [0.4, 0.5) is 0 Å². The number of fused-ring (bicyclic) bond motifs is 1. The van der Waals surface area contributed by atoms with E-state index in [0.717, 1.165) is 0 Å². The van der Waals surface area contributed by atoms with Gasteiger partial charge in [-0.15, -0.1) is 0 Å². The minimum Gasteiger partial charge on any atom is -0.508 e. The first-order valence-corrected chi connectivity index (χ1v) is 18.1. The summed E-state index contributed by atoms with van der Waals surface area (Å²) in [6.45, 7) is 0.344. The Hall–Kier alpha value is -4.49. The molecule has 8 atom stereocenters. The van der Waals surface area contributed by atoms with Crippen LogP contribution in [-0.4, -0.2) is 116 Å². The van der Waals surface area contributed by atoms with E-state index in [9.17, 15) is 43.2 Å². The van der Waals surface area contributed by atoms with Gasteiger partial charge in [-0.05, 0) is 79.8 Å². The van der Waals surface area contributed by atoms with Gasteiger partial charge in [-0.1, -0.05) is 24.3 Å². The number of phenolic OH excluding ortho intramolecular Hbond substituents is 1. The van der Waals surface area contributed by atoms with E-state index in [1.54, 1.807) is 12.1 Å². The number of benzene rings is 2. The van der Waals surface area contributed by atoms with Crippen LogP contribution in [-0.2, 0) is 37.6 Å². The maximum Gasteiger partial charge on any atom is 0.446 e. The predicted octanol–water partition coefficient (Wildman–Crippen LogP) is -0.872. The summed E-state index contributed by atoms with van der Waals surface area (Å²) in [7, 11) is -4.75. The quantitative estimate of drug-likeness (QED) is 0.0773. The lowest BCUT2D eigenvalue weighted by molar-refractivity contribution is -0.146. The van der Waals surface area contributed by atoms with Crippen LogP contribution in [0.5, 0.6) is 11.5 Å². The third kappa shape index (κ3) is 9.44. The monoisotopic (exact) mass is 732 g/mol. The Morgan fingerprint density at radius 3 is 2.27 bits per heavy atom. The van der Waals surface area contributed by atoms with Gasteiger partial charge >= 0.3 is 10.4 Å². The minimum absolute atomic E-state index is 0.0161. The summed E-state index contributed by atoms with van der Waals surface area (Å²) in [5.74, 6) is -2.72. The largest absolute Gasteiger partial charge is 0.508 e. The van der Waals surface area contributed by atoms with Crippen LogP contribution in [0.1, 0.15) is 49.7 Å². The van der Waals surface area contributed by atoms with E-state index < -0.39 is 70.7 Å². The lowest BCUT2D eigenvalue weighted by atomic mass is 9.83. The SMILES string of the molecule is N=C(N)N1CCC[C@H](NC(=O)[C@@H]2C[C@@H]3CC[C@@H](O)C[C@@H]3N2C(=O)[C@@H](Cc2ccc(O)cc2)NC(=O)[C@H](O)Cc2ccc(OS(=O)(=O)O)cc2)[C@H]1O. The van der Waals surface area contributed by atoms with Crippen LogP contribution in [0.3, 0.4) is 0 Å². The lowest BCUT2D eigenvalue weighted by Gasteiger charge is -2.40. The molecule has 278 valence electrons. The molecule has 0 bridgehead atoms. The van der Waals surface area contributed by atoms with Gasteiger partial charge in [0.1, 0.15) is 35.9 Å². The van der Waals surface area contributed by atoms with Crippen LogP contribution >= 0.6 is 0 Å². The summed E-state index contributed by atoms with van der Waals surface area (Å²) in [5, 5.41) is 55.4. The molecule has 2 aliphatic heterocycles. The summed E-state index contributed by atoms with van der Waals surface area (Å²) in [5.41, 5.74) is 6.59. The molecule has 0 radical (unpaired) electrons. The molecule has 10 N–H and O–H groups in total. The zero-order valence-electron chi connectivity index (χ0n) is 27.7. The fraction of sp³-hybridized carbons (Fsp3) is 0.515. The van der Waals surface area contributed by atoms with Crippen molar-refractivity contribution in [3.63, 3.8) is 0 Å². The number of likely N-dealkylation sites (tertiary alicyclic amines) is 2. The van der Waals surface area contributed by atoms with Gasteiger partial charge in [0.15, 0.2) is 5.96 Å². The number of carbonyl (C=O) groups excluding carboxylic acids is 3. The highest BCUT2D eigenvalue weighted by atomic mass is 32.3. The predicted molar refractivity (Wildman–Crippen MR) is 180 cm³/mol. The van der Waals surface area contributed by atoms with E-state index in [1.807, 2.05) is 0 Å². The topological polar surface area (TPSA) is 276 Å². The number of aliphatic hydroxyl groups excluding tert-OH is 3. The van der Waals surface area contributed by atoms with Gasteiger partial charge in [-0.3, -0.25) is 24.3 Å². The van der Waals surface area contributed by atoms with Gasteiger partial charge in [0.05, 0.1) is 12.1 Å². The van der Waals surface area contributed by atoms with Crippen LogP contribution in [0, 0.1) is 11.3 Å². The molecular weight excluding hydrogens is 688 g/mol. The first-order valence-electron chi connectivity index (χ1n) is 16.7. The highest BCUT2D eigenvalue weighted by Crippen LogP contribution is 2.40. The van der Waals surface area contributed by atoms with Crippen molar-refractivity contribution in [2.24, 2.45) is 11.7 Å². The summed E-state index contributed by atoms with van der Waals surface area (Å²) >= 11 is 0. The number of nitrogens with one attached hydrogen (secondary N) is 3. The maximum atomic E-state index is 14.6. The number of nitrogens with two attached hydrogens (primary N) is 1. The van der Waals surface area contributed by atoms with Crippen molar-refractivity contribution in [3.05, 3.63) is 59.7 Å². The first kappa shape index (κ1) is 37.8. The third-order valence-corrected chi connectivity index (χ3v) is 10.2. The number of piperidine rings is 1. The first-order chi connectivity index (χ1) is 24.1. The second kappa shape index (κ2) is 15.8. The van der Waals surface area contributed by atoms with Crippen LogP contribution < -0.4 is 20.6 Å². The molecule has 51 heavy (non-hydrogen) atoms. The molecule has 0 aromatic heterocycles. The van der Waals surface area contributed by atoms with Gasteiger partial charge in [0.2, 0.25) is 17.7 Å². The Kier molecular flexibility index (Phi) is 11.7. The number of hydrogen-bond donors (Lipinski definition) is 9. The minimum atomic E-state index is -4.75. The number of hydrogen-bond acceptors (Lipinski definition) is 11. The fourth-order valence-corrected chi connectivity index (χ4v) is 7.64. The van der Waals surface area contributed by atoms with Crippen molar-refractivity contribution < 1.29 is 52.0 Å². The Balaban J connectivity index is 1.38. The molecule has 17 nitrogen and oxygen atoms in total. The normalized spacial score (nSPS) is 26.0. The number of rotatable bonds is 11. The number of nitrogens with zero attached hydrogens (tertiary/aromatic N) is 2. The molecule has 3 aliphatic rings. The molecule has 18 heteroatoms. The average molecular weight is 733 g/mol. The second-order valence-electron chi connectivity index (χ2n) is 13.3. The number of phenols is 1. The Morgan fingerprint density at radius 1 is 0.980 bits per heavy atom. The molecule has 1 saturated carbocycles. The lowest BCUT2D eigenvalue weighted by Crippen LogP contribution is -2.62. The highest BCUT2D eigenvalue weighted by Gasteiger charge is 2.51. The van der Waals surface area contributed by atoms with Crippen molar-refractivity contribution in [2.75, 3.05) is 6.54 Å². The van der Waals surface area contributed by atoms with Crippen molar-refractivity contribution in [3.8, 4) is 11.5 Å². The Morgan fingerprint density at radius 2 is 1.63 bits per heavy atom. The van der Waals surface area contributed by atoms with Crippen molar-refractivity contribution in [2.45, 2.75) is 94.0 Å². The van der Waals surface area contributed by atoms with Gasteiger partial charge in [0.25, 0.3) is 0 Å². The average Bonchev–Trinajstić information content (AvgIpc) is 3.44. The van der Waals surface area contributed by atoms with Crippen molar-refractivity contribution in [1.29, 1.82) is 5.41 Å². The van der Waals surface area contributed by atoms with E-state index in [0.29, 0.717) is 43.4 Å². The molecule has 5 rings (SSSR count). The Bertz CT molecular complexity index is 1690. The number of aliphatic hydroxyl groups is 3. The standard InChI is InChI=1S/C33H44N6O11S/c34-33(35)38-13-1-2-24(31(38)45)36-29(43)27-16-20-7-10-22(41)17-26(20)39(27)32(46)25(14-18-3-8-21(40)9-4-18)37-30(44)28(42)15-19-5-11-23(12-6-19)50-51(47,48)49/h3-6,8-9,11-12,20,22,24-28,31,40-42,45H,1-2,7,10,13-17H2,(H3,34,35)(H,36,43)(H,37,44)(H,47,48,49)/t20-,22+,24-,25+,26-,27-,28+,31+/m0/s1. The number of guanidine groups is 1. The van der Waals surface area contributed by atoms with Crippen molar-refractivity contribution >= 4 is 34.1 Å². The molecule has 1 aliphatic carbocycles. The molecule has 2 saturated heterocycles. The third-order valence-electron chi connectivity index (χ3n) is 9.78. The number of aromatic hydroxyl groups is 1. The van der Waals surface area contributed by atoms with Gasteiger partial charge in [0, 0.05) is 25.4 Å². The maximum absolute atomic E-state index is 14.6. The molecule has 3 fully saturated rings. The van der Waals surface area contributed by atoms with Crippen molar-refractivity contribution in [1.82, 2.24) is 20.4 Å². The fourth-order valence-electron chi connectivity index (χ4n) is 7.29. The number of carbonyl (C=O) groups is 3. The molecule has 0 unspecified atom stereocenters. The molecule has 2 aromatic carbocycles. The molecule has 2 heterocycles. The summed E-state index contributed by atoms with van der Waals surface area (Å²) < 4.78 is 35.2. The van der Waals surface area contributed by atoms with Crippen LogP contribution in [0.25, 0.3) is 0 Å². The second-order valence-corrected chi connectivity index (χ2v) is 14.4. The highest BCUT2D eigenvalue weighted by molar-refractivity contribution is 7.81. The van der Waals surface area contributed by atoms with E-state index in [-0.39, 0.29) is 49.1 Å². The van der Waals surface area contributed by atoms with Gasteiger partial charge in [-0.25, -0.2) is 0 Å². The molecule has 3 amide bonds. The van der Waals surface area contributed by atoms with E-state index in [2.05, 4.69) is 14.8 Å². The van der Waals surface area contributed by atoms with Gasteiger partial charge < -0.3 is 50.8 Å². The van der Waals surface area contributed by atoms with E-state index in [1.165, 1.54) is 46.2 Å². The van der Waals surface area contributed by atoms with Gasteiger partial charge in [-0.2, -0.15) is 8.42 Å². The van der Waals surface area contributed by atoms with E-state index >= 15 is 0 Å². The summed E-state index contributed by atoms with van der Waals surface area (Å²) in [6.07, 6.45) is -1.40. The number of amides is 3. The zero-order chi connectivity index (χ0) is 37.0. The molecular formula is C33H44N6O11S. The summed E-state index contributed by atoms with van der Waals surface area (Å²) in [6, 6.07) is 7.60. The van der Waals surface area contributed by atoms with Crippen LogP contribution in [0.15, 0.2) is 48.5 Å². The zero-order valence-corrected chi connectivity index (χ0v) is 28.5. The smallest absolute Gasteiger partial charge is 0.446 e. The molecule has 2 aromatic rings. The summed E-state index contributed by atoms with van der Waals surface area (Å²) in [4.78, 5) is 44.6. The van der Waals surface area contributed by atoms with E-state index in [4.69, 9.17) is 15.7 Å². The molecule has 0 spiro atoms.